The molecule has 0 aromatic carbocycles. The molecule has 6 heteroatoms. The van der Waals surface area contributed by atoms with Gasteiger partial charge in [-0.1, -0.05) is 11.6 Å². The van der Waals surface area contributed by atoms with Crippen molar-refractivity contribution in [2.75, 3.05) is 6.54 Å². The van der Waals surface area contributed by atoms with E-state index in [0.29, 0.717) is 13.1 Å². The summed E-state index contributed by atoms with van der Waals surface area (Å²) in [5, 5.41) is 5.88. The summed E-state index contributed by atoms with van der Waals surface area (Å²) >= 11 is 10.7. The standard InChI is InChI=1S/C10H14BrClN2OS/c1-6(2)14-9(15)5-13-4-7-3-8(11)10(12)16-7/h3,6,13H,4-5H2,1-2H3,(H,14,15). The minimum atomic E-state index is 0.0109. The highest BCUT2D eigenvalue weighted by Crippen LogP contribution is 2.31. The van der Waals surface area contributed by atoms with Crippen LogP contribution in [0.3, 0.4) is 0 Å². The maximum atomic E-state index is 11.3. The zero-order valence-electron chi connectivity index (χ0n) is 9.14. The molecule has 16 heavy (non-hydrogen) atoms. The lowest BCUT2D eigenvalue weighted by atomic mass is 10.4. The molecule has 1 heterocycles. The normalized spacial score (nSPS) is 10.8. The van der Waals surface area contributed by atoms with E-state index in [-0.39, 0.29) is 11.9 Å². The lowest BCUT2D eigenvalue weighted by Gasteiger charge is -2.08. The Morgan fingerprint density at radius 3 is 2.81 bits per heavy atom. The fraction of sp³-hybridized carbons (Fsp3) is 0.500. The number of carbonyl (C=O) groups excluding carboxylic acids is 1. The van der Waals surface area contributed by atoms with Crippen LogP contribution < -0.4 is 10.6 Å². The molecule has 0 saturated carbocycles. The summed E-state index contributed by atoms with van der Waals surface area (Å²) < 4.78 is 1.64. The summed E-state index contributed by atoms with van der Waals surface area (Å²) in [5.41, 5.74) is 0. The van der Waals surface area contributed by atoms with Crippen molar-refractivity contribution in [2.45, 2.75) is 26.4 Å². The molecule has 0 atom stereocenters. The van der Waals surface area contributed by atoms with Gasteiger partial charge in [0.2, 0.25) is 5.91 Å². The first-order valence-corrected chi connectivity index (χ1v) is 6.91. The second kappa shape index (κ2) is 6.59. The van der Waals surface area contributed by atoms with E-state index in [2.05, 4.69) is 26.6 Å². The van der Waals surface area contributed by atoms with E-state index >= 15 is 0 Å². The first-order chi connectivity index (χ1) is 7.49. The monoisotopic (exact) mass is 324 g/mol. The topological polar surface area (TPSA) is 41.1 Å². The Labute approximate surface area is 113 Å². The van der Waals surface area contributed by atoms with Crippen molar-refractivity contribution in [1.82, 2.24) is 10.6 Å². The van der Waals surface area contributed by atoms with Crippen LogP contribution in [0, 0.1) is 0 Å². The summed E-state index contributed by atoms with van der Waals surface area (Å²) in [6.07, 6.45) is 0. The molecule has 0 bridgehead atoms. The number of thiophene rings is 1. The van der Waals surface area contributed by atoms with Crippen molar-refractivity contribution < 1.29 is 4.79 Å². The number of nitrogens with one attached hydrogen (secondary N) is 2. The first-order valence-electron chi connectivity index (χ1n) is 4.93. The lowest BCUT2D eigenvalue weighted by molar-refractivity contribution is -0.120. The Morgan fingerprint density at radius 2 is 2.31 bits per heavy atom. The quantitative estimate of drug-likeness (QED) is 0.874. The predicted molar refractivity (Wildman–Crippen MR) is 72.0 cm³/mol. The van der Waals surface area contributed by atoms with Crippen LogP contribution >= 0.6 is 38.9 Å². The Morgan fingerprint density at radius 1 is 1.62 bits per heavy atom. The highest BCUT2D eigenvalue weighted by atomic mass is 79.9. The third kappa shape index (κ3) is 4.82. The fourth-order valence-electron chi connectivity index (χ4n) is 1.15. The number of halogens is 2. The molecule has 0 unspecified atom stereocenters. The molecule has 0 aliphatic rings. The number of hydrogen-bond donors (Lipinski definition) is 2. The van der Waals surface area contributed by atoms with Gasteiger partial charge in [-0.2, -0.15) is 0 Å². The first kappa shape index (κ1) is 14.0. The van der Waals surface area contributed by atoms with Crippen LogP contribution in [0.5, 0.6) is 0 Å². The number of amides is 1. The van der Waals surface area contributed by atoms with E-state index in [1.807, 2.05) is 19.9 Å². The molecule has 0 radical (unpaired) electrons. The summed E-state index contributed by atoms with van der Waals surface area (Å²) in [6.45, 7) is 4.86. The van der Waals surface area contributed by atoms with Gasteiger partial charge in [0.05, 0.1) is 6.54 Å². The average molecular weight is 326 g/mol. The van der Waals surface area contributed by atoms with E-state index in [0.717, 1.165) is 13.7 Å². The molecule has 1 amide bonds. The van der Waals surface area contributed by atoms with Crippen molar-refractivity contribution in [3.8, 4) is 0 Å². The maximum Gasteiger partial charge on any atom is 0.234 e. The molecule has 0 aliphatic carbocycles. The summed E-state index contributed by atoms with van der Waals surface area (Å²) in [5.74, 6) is 0.0109. The van der Waals surface area contributed by atoms with Gasteiger partial charge in [0.25, 0.3) is 0 Å². The van der Waals surface area contributed by atoms with Gasteiger partial charge in [-0.15, -0.1) is 11.3 Å². The predicted octanol–water partition coefficient (Wildman–Crippen LogP) is 2.78. The van der Waals surface area contributed by atoms with E-state index in [1.165, 1.54) is 11.3 Å². The Kier molecular flexibility index (Phi) is 5.75. The zero-order chi connectivity index (χ0) is 12.1. The maximum absolute atomic E-state index is 11.3. The largest absolute Gasteiger partial charge is 0.353 e. The fourth-order valence-corrected chi connectivity index (χ4v) is 2.91. The smallest absolute Gasteiger partial charge is 0.234 e. The third-order valence-corrected chi connectivity index (χ3v) is 4.21. The molecule has 3 nitrogen and oxygen atoms in total. The lowest BCUT2D eigenvalue weighted by Crippen LogP contribution is -2.37. The molecule has 1 rings (SSSR count). The van der Waals surface area contributed by atoms with E-state index in [9.17, 15) is 4.79 Å². The van der Waals surface area contributed by atoms with Gasteiger partial charge < -0.3 is 10.6 Å². The molecule has 0 fully saturated rings. The molecule has 2 N–H and O–H groups in total. The van der Waals surface area contributed by atoms with E-state index in [4.69, 9.17) is 11.6 Å². The highest BCUT2D eigenvalue weighted by Gasteiger charge is 2.06. The molecule has 0 spiro atoms. The van der Waals surface area contributed by atoms with Crippen LogP contribution in [0.15, 0.2) is 10.5 Å². The van der Waals surface area contributed by atoms with Gasteiger partial charge in [-0.05, 0) is 35.8 Å². The van der Waals surface area contributed by atoms with Crippen LogP contribution in [0.4, 0.5) is 0 Å². The number of carbonyl (C=O) groups is 1. The molecule has 1 aromatic rings. The molecule has 90 valence electrons. The molecule has 1 aromatic heterocycles. The Balaban J connectivity index is 2.28. The van der Waals surface area contributed by atoms with Crippen LogP contribution in [-0.4, -0.2) is 18.5 Å². The van der Waals surface area contributed by atoms with Crippen molar-refractivity contribution in [3.63, 3.8) is 0 Å². The van der Waals surface area contributed by atoms with Crippen molar-refractivity contribution in [3.05, 3.63) is 19.8 Å². The second-order valence-corrected chi connectivity index (χ2v) is 6.25. The van der Waals surface area contributed by atoms with Gasteiger partial charge in [0.15, 0.2) is 0 Å². The van der Waals surface area contributed by atoms with Crippen LogP contribution in [0.25, 0.3) is 0 Å². The highest BCUT2D eigenvalue weighted by molar-refractivity contribution is 9.10. The van der Waals surface area contributed by atoms with Crippen LogP contribution in [-0.2, 0) is 11.3 Å². The number of rotatable bonds is 5. The van der Waals surface area contributed by atoms with Crippen molar-refractivity contribution in [1.29, 1.82) is 0 Å². The summed E-state index contributed by atoms with van der Waals surface area (Å²) in [6, 6.07) is 2.14. The van der Waals surface area contributed by atoms with Crippen LogP contribution in [0.1, 0.15) is 18.7 Å². The minimum absolute atomic E-state index is 0.0109. The summed E-state index contributed by atoms with van der Waals surface area (Å²) in [4.78, 5) is 12.4. The third-order valence-electron chi connectivity index (χ3n) is 1.73. The van der Waals surface area contributed by atoms with Crippen LogP contribution in [0.2, 0.25) is 4.34 Å². The van der Waals surface area contributed by atoms with Crippen molar-refractivity contribution >= 4 is 44.8 Å². The number of hydrogen-bond acceptors (Lipinski definition) is 3. The molecule has 0 aliphatic heterocycles. The SMILES string of the molecule is CC(C)NC(=O)CNCc1cc(Br)c(Cl)s1. The van der Waals surface area contributed by atoms with Gasteiger partial charge in [-0.25, -0.2) is 0 Å². The van der Waals surface area contributed by atoms with Gasteiger partial charge in [-0.3, -0.25) is 4.79 Å². The van der Waals surface area contributed by atoms with Crippen molar-refractivity contribution in [2.24, 2.45) is 0 Å². The average Bonchev–Trinajstić information content (AvgIpc) is 2.44. The van der Waals surface area contributed by atoms with Gasteiger partial charge >= 0.3 is 0 Å². The van der Waals surface area contributed by atoms with E-state index < -0.39 is 0 Å². The molecular weight excluding hydrogens is 312 g/mol. The Hall–Kier alpha value is -0.100. The minimum Gasteiger partial charge on any atom is -0.353 e. The zero-order valence-corrected chi connectivity index (χ0v) is 12.3. The van der Waals surface area contributed by atoms with E-state index in [1.54, 1.807) is 0 Å². The summed E-state index contributed by atoms with van der Waals surface area (Å²) in [7, 11) is 0. The van der Waals surface area contributed by atoms with Gasteiger partial charge in [0, 0.05) is 21.9 Å². The Bertz CT molecular complexity index is 348. The second-order valence-electron chi connectivity index (χ2n) is 3.66. The van der Waals surface area contributed by atoms with Gasteiger partial charge in [0.1, 0.15) is 4.34 Å². The molecular formula is C10H14BrClN2OS. The molecule has 0 saturated heterocycles.